The van der Waals surface area contributed by atoms with Gasteiger partial charge in [0.15, 0.2) is 0 Å². The van der Waals surface area contributed by atoms with Crippen molar-refractivity contribution in [3.05, 3.63) is 35.9 Å². The average Bonchev–Trinajstić information content (AvgIpc) is 2.85. The second-order valence-electron chi connectivity index (χ2n) is 5.02. The molecule has 0 aliphatic carbocycles. The highest BCUT2D eigenvalue weighted by Crippen LogP contribution is 2.20. The first kappa shape index (κ1) is 14.5. The third-order valence-electron chi connectivity index (χ3n) is 3.57. The minimum absolute atomic E-state index is 0.00248. The molecule has 2 rings (SSSR count). The predicted octanol–water partition coefficient (Wildman–Crippen LogP) is 2.53. The van der Waals surface area contributed by atoms with E-state index in [-0.39, 0.29) is 24.0 Å². The molecule has 104 valence electrons. The third-order valence-corrected chi connectivity index (χ3v) is 4.35. The summed E-state index contributed by atoms with van der Waals surface area (Å²) >= 11 is 3.48. The lowest BCUT2D eigenvalue weighted by Gasteiger charge is -2.20. The van der Waals surface area contributed by atoms with Crippen molar-refractivity contribution in [3.63, 3.8) is 0 Å². The molecule has 0 bridgehead atoms. The van der Waals surface area contributed by atoms with E-state index >= 15 is 0 Å². The van der Waals surface area contributed by atoms with E-state index in [9.17, 15) is 4.79 Å². The van der Waals surface area contributed by atoms with Crippen molar-refractivity contribution in [2.24, 2.45) is 5.92 Å². The summed E-state index contributed by atoms with van der Waals surface area (Å²) in [5.74, 6) is 0.114. The van der Waals surface area contributed by atoms with Crippen molar-refractivity contribution in [1.29, 1.82) is 0 Å². The van der Waals surface area contributed by atoms with Crippen LogP contribution in [-0.2, 0) is 16.0 Å². The van der Waals surface area contributed by atoms with Gasteiger partial charge in [0, 0.05) is 18.0 Å². The molecule has 1 aromatic rings. The van der Waals surface area contributed by atoms with Gasteiger partial charge < -0.3 is 10.1 Å². The fourth-order valence-corrected chi connectivity index (χ4v) is 2.82. The molecule has 1 aromatic carbocycles. The van der Waals surface area contributed by atoms with E-state index < -0.39 is 0 Å². The number of halogens is 1. The monoisotopic (exact) mass is 325 g/mol. The molecule has 1 heterocycles. The summed E-state index contributed by atoms with van der Waals surface area (Å²) in [6.45, 7) is 2.66. The number of carbonyl (C=O) groups excluding carboxylic acids is 1. The van der Waals surface area contributed by atoms with E-state index in [0.29, 0.717) is 6.61 Å². The first-order chi connectivity index (χ1) is 9.20. The second-order valence-corrected chi connectivity index (χ2v) is 5.67. The van der Waals surface area contributed by atoms with Gasteiger partial charge in [-0.3, -0.25) is 4.79 Å². The van der Waals surface area contributed by atoms with Crippen LogP contribution in [0.15, 0.2) is 30.3 Å². The van der Waals surface area contributed by atoms with Crippen LogP contribution < -0.4 is 5.32 Å². The molecule has 0 radical (unpaired) electrons. The first-order valence-electron chi connectivity index (χ1n) is 6.72. The van der Waals surface area contributed by atoms with Crippen LogP contribution in [0.1, 0.15) is 18.9 Å². The normalized spacial score (nSPS) is 24.1. The molecular formula is C15H20BrNO2. The molecule has 1 aliphatic rings. The molecule has 3 unspecified atom stereocenters. The zero-order valence-corrected chi connectivity index (χ0v) is 12.7. The van der Waals surface area contributed by atoms with Gasteiger partial charge >= 0.3 is 0 Å². The third kappa shape index (κ3) is 4.05. The van der Waals surface area contributed by atoms with Crippen molar-refractivity contribution >= 4 is 21.8 Å². The molecule has 3 atom stereocenters. The standard InChI is InChI=1S/C15H20BrNO2/c1-11-14(7-8-19-11)15(18)17-13(10-16)9-12-5-3-2-4-6-12/h2-6,11,13-14H,7-10H2,1H3,(H,17,18). The summed E-state index contributed by atoms with van der Waals surface area (Å²) < 4.78 is 5.45. The van der Waals surface area contributed by atoms with Crippen molar-refractivity contribution in [2.45, 2.75) is 31.9 Å². The van der Waals surface area contributed by atoms with Gasteiger partial charge in [0.2, 0.25) is 5.91 Å². The van der Waals surface area contributed by atoms with Crippen LogP contribution in [0.25, 0.3) is 0 Å². The summed E-state index contributed by atoms with van der Waals surface area (Å²) in [5.41, 5.74) is 1.24. The molecular weight excluding hydrogens is 306 g/mol. The summed E-state index contributed by atoms with van der Waals surface area (Å²) in [7, 11) is 0. The molecule has 0 saturated carbocycles. The van der Waals surface area contributed by atoms with E-state index in [1.165, 1.54) is 5.56 Å². The van der Waals surface area contributed by atoms with Gasteiger partial charge in [0.05, 0.1) is 12.0 Å². The van der Waals surface area contributed by atoms with Crippen LogP contribution in [-0.4, -0.2) is 30.0 Å². The molecule has 0 aromatic heterocycles. The summed E-state index contributed by atoms with van der Waals surface area (Å²) in [6.07, 6.45) is 1.71. The fraction of sp³-hybridized carbons (Fsp3) is 0.533. The van der Waals surface area contributed by atoms with Crippen molar-refractivity contribution < 1.29 is 9.53 Å². The van der Waals surface area contributed by atoms with E-state index in [1.54, 1.807) is 0 Å². The minimum Gasteiger partial charge on any atom is -0.378 e. The van der Waals surface area contributed by atoms with E-state index in [2.05, 4.69) is 33.4 Å². The minimum atomic E-state index is -0.00248. The Morgan fingerprint density at radius 3 is 2.79 bits per heavy atom. The molecule has 1 aliphatic heterocycles. The Labute approximate surface area is 122 Å². The molecule has 3 nitrogen and oxygen atoms in total. The molecule has 1 fully saturated rings. The predicted molar refractivity (Wildman–Crippen MR) is 79.4 cm³/mol. The average molecular weight is 326 g/mol. The van der Waals surface area contributed by atoms with Crippen molar-refractivity contribution in [3.8, 4) is 0 Å². The topological polar surface area (TPSA) is 38.3 Å². The zero-order chi connectivity index (χ0) is 13.7. The molecule has 19 heavy (non-hydrogen) atoms. The molecule has 1 N–H and O–H groups in total. The quantitative estimate of drug-likeness (QED) is 0.845. The number of amides is 1. The van der Waals surface area contributed by atoms with E-state index in [1.807, 2.05) is 25.1 Å². The lowest BCUT2D eigenvalue weighted by atomic mass is 10.0. The van der Waals surface area contributed by atoms with Gasteiger partial charge in [0.1, 0.15) is 0 Å². The van der Waals surface area contributed by atoms with E-state index in [4.69, 9.17) is 4.74 Å². The zero-order valence-electron chi connectivity index (χ0n) is 11.1. The number of ether oxygens (including phenoxy) is 1. The maximum Gasteiger partial charge on any atom is 0.226 e. The SMILES string of the molecule is CC1OCCC1C(=O)NC(CBr)Cc1ccccc1. The Kier molecular flexibility index (Phi) is 5.40. The first-order valence-corrected chi connectivity index (χ1v) is 7.84. The number of carbonyl (C=O) groups is 1. The highest BCUT2D eigenvalue weighted by atomic mass is 79.9. The highest BCUT2D eigenvalue weighted by molar-refractivity contribution is 9.09. The number of benzene rings is 1. The van der Waals surface area contributed by atoms with Crippen LogP contribution in [0.4, 0.5) is 0 Å². The summed E-state index contributed by atoms with van der Waals surface area (Å²) in [6, 6.07) is 10.3. The van der Waals surface area contributed by atoms with Gasteiger partial charge in [-0.25, -0.2) is 0 Å². The number of nitrogens with one attached hydrogen (secondary N) is 1. The molecule has 1 amide bonds. The van der Waals surface area contributed by atoms with Crippen LogP contribution in [0, 0.1) is 5.92 Å². The fourth-order valence-electron chi connectivity index (χ4n) is 2.43. The van der Waals surface area contributed by atoms with E-state index in [0.717, 1.165) is 18.2 Å². The number of hydrogen-bond donors (Lipinski definition) is 1. The van der Waals surface area contributed by atoms with Gasteiger partial charge in [-0.05, 0) is 25.3 Å². The van der Waals surface area contributed by atoms with Gasteiger partial charge in [-0.1, -0.05) is 46.3 Å². The van der Waals surface area contributed by atoms with Gasteiger partial charge in [0.25, 0.3) is 0 Å². The second kappa shape index (κ2) is 7.06. The molecule has 4 heteroatoms. The lowest BCUT2D eigenvalue weighted by Crippen LogP contribution is -2.42. The number of alkyl halides is 1. The van der Waals surface area contributed by atoms with Crippen LogP contribution in [0.2, 0.25) is 0 Å². The Balaban J connectivity index is 1.90. The Bertz CT molecular complexity index is 410. The summed E-state index contributed by atoms with van der Waals surface area (Å²) in [5, 5.41) is 3.88. The Hall–Kier alpha value is -0.870. The van der Waals surface area contributed by atoms with Gasteiger partial charge in [-0.2, -0.15) is 0 Å². The molecule has 0 spiro atoms. The maximum atomic E-state index is 12.2. The van der Waals surface area contributed by atoms with Crippen molar-refractivity contribution in [1.82, 2.24) is 5.32 Å². The lowest BCUT2D eigenvalue weighted by molar-refractivity contribution is -0.126. The number of hydrogen-bond acceptors (Lipinski definition) is 2. The summed E-state index contributed by atoms with van der Waals surface area (Å²) in [4.78, 5) is 12.2. The largest absolute Gasteiger partial charge is 0.378 e. The van der Waals surface area contributed by atoms with Crippen molar-refractivity contribution in [2.75, 3.05) is 11.9 Å². The van der Waals surface area contributed by atoms with Crippen LogP contribution in [0.3, 0.4) is 0 Å². The highest BCUT2D eigenvalue weighted by Gasteiger charge is 2.31. The van der Waals surface area contributed by atoms with Gasteiger partial charge in [-0.15, -0.1) is 0 Å². The Morgan fingerprint density at radius 2 is 2.21 bits per heavy atom. The molecule has 1 saturated heterocycles. The van der Waals surface area contributed by atoms with Crippen LogP contribution >= 0.6 is 15.9 Å². The number of rotatable bonds is 5. The smallest absolute Gasteiger partial charge is 0.226 e. The van der Waals surface area contributed by atoms with Crippen LogP contribution in [0.5, 0.6) is 0 Å². The maximum absolute atomic E-state index is 12.2. The Morgan fingerprint density at radius 1 is 1.47 bits per heavy atom.